The van der Waals surface area contributed by atoms with Crippen LogP contribution in [0.25, 0.3) is 0 Å². The lowest BCUT2D eigenvalue weighted by atomic mass is 10.1. The van der Waals surface area contributed by atoms with Gasteiger partial charge in [0.05, 0.1) is 5.75 Å². The van der Waals surface area contributed by atoms with Gasteiger partial charge in [0.2, 0.25) is 0 Å². The van der Waals surface area contributed by atoms with Gasteiger partial charge in [0.1, 0.15) is 12.4 Å². The van der Waals surface area contributed by atoms with Crippen LogP contribution in [0.3, 0.4) is 0 Å². The molecule has 4 nitrogen and oxygen atoms in total. The lowest BCUT2D eigenvalue weighted by Crippen LogP contribution is -2.15. The van der Waals surface area contributed by atoms with Crippen molar-refractivity contribution in [3.63, 3.8) is 0 Å². The maximum absolute atomic E-state index is 11.3. The normalized spacial score (nSPS) is 13.3. The second-order valence-electron chi connectivity index (χ2n) is 4.17. The molecule has 0 aliphatic carbocycles. The van der Waals surface area contributed by atoms with Gasteiger partial charge in [-0.15, -0.1) is 0 Å². The Bertz CT molecular complexity index is 454. The Balaban J connectivity index is 2.50. The van der Waals surface area contributed by atoms with Gasteiger partial charge in [0.25, 0.3) is 0 Å². The van der Waals surface area contributed by atoms with Crippen molar-refractivity contribution in [3.05, 3.63) is 29.8 Å². The van der Waals surface area contributed by atoms with Crippen molar-refractivity contribution in [1.82, 2.24) is 0 Å². The molecule has 0 heterocycles. The number of sulfone groups is 1. The minimum Gasteiger partial charge on any atom is -0.493 e. The zero-order chi connectivity index (χ0) is 13.6. The van der Waals surface area contributed by atoms with E-state index < -0.39 is 9.84 Å². The van der Waals surface area contributed by atoms with Gasteiger partial charge in [-0.3, -0.25) is 0 Å². The highest BCUT2D eigenvalue weighted by Crippen LogP contribution is 2.18. The summed E-state index contributed by atoms with van der Waals surface area (Å²) in [6.07, 6.45) is 0.884. The molecule has 0 aromatic heterocycles. The molecule has 1 aromatic rings. The van der Waals surface area contributed by atoms with E-state index in [0.717, 1.165) is 12.0 Å². The van der Waals surface area contributed by atoms with Crippen molar-refractivity contribution in [2.75, 3.05) is 18.1 Å². The van der Waals surface area contributed by atoms with Crippen molar-refractivity contribution < 1.29 is 13.2 Å². The zero-order valence-electron chi connectivity index (χ0n) is 10.9. The molecule has 0 unspecified atom stereocenters. The van der Waals surface area contributed by atoms with Gasteiger partial charge in [-0.05, 0) is 24.1 Å². The lowest BCUT2D eigenvalue weighted by Gasteiger charge is -2.10. The zero-order valence-corrected chi connectivity index (χ0v) is 11.7. The van der Waals surface area contributed by atoms with Crippen LogP contribution in [0.5, 0.6) is 5.75 Å². The molecule has 1 aromatic carbocycles. The van der Waals surface area contributed by atoms with Crippen LogP contribution in [0.2, 0.25) is 0 Å². The number of nitrogens with two attached hydrogens (primary N) is 1. The highest BCUT2D eigenvalue weighted by atomic mass is 32.2. The van der Waals surface area contributed by atoms with Crippen LogP contribution in [0.4, 0.5) is 0 Å². The van der Waals surface area contributed by atoms with Crippen LogP contribution in [-0.2, 0) is 9.84 Å². The van der Waals surface area contributed by atoms with Crippen molar-refractivity contribution in [1.29, 1.82) is 0 Å². The molecule has 0 aliphatic heterocycles. The van der Waals surface area contributed by atoms with Crippen LogP contribution in [-0.4, -0.2) is 26.5 Å². The van der Waals surface area contributed by atoms with Crippen molar-refractivity contribution in [2.45, 2.75) is 26.3 Å². The van der Waals surface area contributed by atoms with Crippen LogP contribution in [0, 0.1) is 0 Å². The number of hydrogen-bond acceptors (Lipinski definition) is 4. The molecule has 102 valence electrons. The van der Waals surface area contributed by atoms with E-state index in [1.54, 1.807) is 6.92 Å². The Hall–Kier alpha value is -1.07. The summed E-state index contributed by atoms with van der Waals surface area (Å²) in [4.78, 5) is 0. The number of hydrogen-bond donors (Lipinski definition) is 1. The first kappa shape index (κ1) is 15.0. The van der Waals surface area contributed by atoms with Gasteiger partial charge in [0, 0.05) is 11.8 Å². The predicted molar refractivity (Wildman–Crippen MR) is 73.5 cm³/mol. The van der Waals surface area contributed by atoms with E-state index >= 15 is 0 Å². The van der Waals surface area contributed by atoms with Gasteiger partial charge in [-0.2, -0.15) is 0 Å². The highest BCUT2D eigenvalue weighted by molar-refractivity contribution is 7.91. The molecule has 0 saturated carbocycles. The molecule has 1 rings (SSSR count). The molecule has 0 spiro atoms. The molecule has 0 amide bonds. The van der Waals surface area contributed by atoms with E-state index in [1.807, 2.05) is 31.2 Å². The molecule has 0 bridgehead atoms. The fourth-order valence-corrected chi connectivity index (χ4v) is 2.10. The third-order valence-corrected chi connectivity index (χ3v) is 4.52. The van der Waals surface area contributed by atoms with Gasteiger partial charge in [0.15, 0.2) is 9.84 Å². The number of ether oxygens (including phenoxy) is 1. The van der Waals surface area contributed by atoms with Crippen molar-refractivity contribution in [2.24, 2.45) is 5.73 Å². The van der Waals surface area contributed by atoms with Gasteiger partial charge >= 0.3 is 0 Å². The molecule has 1 atom stereocenters. The Labute approximate surface area is 109 Å². The summed E-state index contributed by atoms with van der Waals surface area (Å²) >= 11 is 0. The summed E-state index contributed by atoms with van der Waals surface area (Å²) in [5.74, 6) is 0.883. The maximum Gasteiger partial charge on any atom is 0.153 e. The fourth-order valence-electron chi connectivity index (χ4n) is 1.48. The van der Waals surface area contributed by atoms with Crippen LogP contribution < -0.4 is 10.5 Å². The fraction of sp³-hybridized carbons (Fsp3) is 0.538. The molecule has 0 radical (unpaired) electrons. The average molecular weight is 271 g/mol. The summed E-state index contributed by atoms with van der Waals surface area (Å²) in [5.41, 5.74) is 6.96. The number of benzene rings is 1. The van der Waals surface area contributed by atoms with Gasteiger partial charge in [-0.25, -0.2) is 8.42 Å². The first-order valence-corrected chi connectivity index (χ1v) is 7.99. The molecule has 2 N–H and O–H groups in total. The Kier molecular flexibility index (Phi) is 5.62. The molecular formula is C13H21NO3S. The quantitative estimate of drug-likeness (QED) is 0.822. The van der Waals surface area contributed by atoms with E-state index in [1.165, 1.54) is 0 Å². The van der Waals surface area contributed by atoms with E-state index in [9.17, 15) is 8.42 Å². The topological polar surface area (TPSA) is 69.4 Å². The van der Waals surface area contributed by atoms with E-state index in [2.05, 4.69) is 0 Å². The SMILES string of the molecule is CC[C@H](N)c1ccc(OCCS(=O)(=O)CC)cc1. The van der Waals surface area contributed by atoms with E-state index in [-0.39, 0.29) is 24.2 Å². The average Bonchev–Trinajstić information content (AvgIpc) is 2.38. The third kappa shape index (κ3) is 4.66. The van der Waals surface area contributed by atoms with Crippen LogP contribution >= 0.6 is 0 Å². The monoisotopic (exact) mass is 271 g/mol. The van der Waals surface area contributed by atoms with Crippen LogP contribution in [0.1, 0.15) is 31.9 Å². The summed E-state index contributed by atoms with van der Waals surface area (Å²) in [6.45, 7) is 3.86. The van der Waals surface area contributed by atoms with Gasteiger partial charge < -0.3 is 10.5 Å². The first-order valence-electron chi connectivity index (χ1n) is 6.17. The number of rotatable bonds is 7. The summed E-state index contributed by atoms with van der Waals surface area (Å²) in [5, 5.41) is 0. The van der Waals surface area contributed by atoms with Crippen molar-refractivity contribution >= 4 is 9.84 Å². The molecule has 5 heteroatoms. The second kappa shape index (κ2) is 6.75. The smallest absolute Gasteiger partial charge is 0.153 e. The summed E-state index contributed by atoms with van der Waals surface area (Å²) in [6, 6.07) is 7.52. The highest BCUT2D eigenvalue weighted by Gasteiger charge is 2.07. The van der Waals surface area contributed by atoms with Gasteiger partial charge in [-0.1, -0.05) is 26.0 Å². The Morgan fingerprint density at radius 1 is 1.22 bits per heavy atom. The second-order valence-corrected chi connectivity index (χ2v) is 6.64. The van der Waals surface area contributed by atoms with Crippen molar-refractivity contribution in [3.8, 4) is 5.75 Å². The lowest BCUT2D eigenvalue weighted by molar-refractivity contribution is 0.340. The Morgan fingerprint density at radius 3 is 2.33 bits per heavy atom. The first-order chi connectivity index (χ1) is 8.48. The minimum atomic E-state index is -2.96. The minimum absolute atomic E-state index is 0.0412. The predicted octanol–water partition coefficient (Wildman–Crippen LogP) is 1.91. The van der Waals surface area contributed by atoms with Crippen LogP contribution in [0.15, 0.2) is 24.3 Å². The molecule has 0 aliphatic rings. The van der Waals surface area contributed by atoms with E-state index in [4.69, 9.17) is 10.5 Å². The largest absolute Gasteiger partial charge is 0.493 e. The van der Waals surface area contributed by atoms with E-state index in [0.29, 0.717) is 5.75 Å². The molecule has 0 saturated heterocycles. The summed E-state index contributed by atoms with van der Waals surface area (Å²) < 4.78 is 27.9. The molecular weight excluding hydrogens is 250 g/mol. The third-order valence-electron chi connectivity index (χ3n) is 2.85. The summed E-state index contributed by atoms with van der Waals surface area (Å²) in [7, 11) is -2.96. The standard InChI is InChI=1S/C13H21NO3S/c1-3-13(14)11-5-7-12(8-6-11)17-9-10-18(15,16)4-2/h5-8,13H,3-4,9-10,14H2,1-2H3/t13-/m0/s1. The molecule has 18 heavy (non-hydrogen) atoms. The molecule has 0 fully saturated rings. The Morgan fingerprint density at radius 2 is 1.83 bits per heavy atom. The maximum atomic E-state index is 11.3.